The summed E-state index contributed by atoms with van der Waals surface area (Å²) in [6.45, 7) is 2.90. The molecule has 1 atom stereocenters. The van der Waals surface area contributed by atoms with E-state index in [4.69, 9.17) is 5.73 Å². The van der Waals surface area contributed by atoms with Crippen molar-refractivity contribution in [2.75, 3.05) is 13.6 Å². The monoisotopic (exact) mass is 234 g/mol. The summed E-state index contributed by atoms with van der Waals surface area (Å²) in [5.41, 5.74) is 7.04. The number of hydrogen-bond acceptors (Lipinski definition) is 2. The van der Waals surface area contributed by atoms with Crippen LogP contribution in [0.3, 0.4) is 0 Å². The van der Waals surface area contributed by atoms with Crippen LogP contribution < -0.4 is 5.73 Å². The van der Waals surface area contributed by atoms with Crippen LogP contribution in [-0.4, -0.2) is 30.4 Å². The van der Waals surface area contributed by atoms with E-state index in [0.29, 0.717) is 6.42 Å². The molecular weight excluding hydrogens is 212 g/mol. The highest BCUT2D eigenvalue weighted by Crippen LogP contribution is 2.04. The van der Waals surface area contributed by atoms with Gasteiger partial charge >= 0.3 is 0 Å². The molecule has 3 heteroatoms. The first-order chi connectivity index (χ1) is 8.15. The fraction of sp³-hybridized carbons (Fsp3) is 0.500. The molecule has 2 N–H and O–H groups in total. The number of benzene rings is 1. The quantitative estimate of drug-likeness (QED) is 0.816. The number of carbonyl (C=O) groups is 1. The molecule has 1 aromatic rings. The highest BCUT2D eigenvalue weighted by Gasteiger charge is 2.17. The first kappa shape index (κ1) is 13.7. The number of hydrogen-bond donors (Lipinski definition) is 1. The van der Waals surface area contributed by atoms with Crippen molar-refractivity contribution >= 4 is 5.91 Å². The number of carbonyl (C=O) groups excluding carboxylic acids is 1. The normalized spacial score (nSPS) is 12.2. The molecule has 0 aliphatic rings. The van der Waals surface area contributed by atoms with Crippen molar-refractivity contribution in [1.29, 1.82) is 0 Å². The molecular formula is C14H22N2O. The Morgan fingerprint density at radius 1 is 1.35 bits per heavy atom. The molecule has 1 aromatic carbocycles. The molecule has 0 unspecified atom stereocenters. The molecule has 0 aromatic heterocycles. The van der Waals surface area contributed by atoms with E-state index in [-0.39, 0.29) is 5.91 Å². The molecule has 0 fully saturated rings. The lowest BCUT2D eigenvalue weighted by molar-refractivity contribution is -0.131. The minimum absolute atomic E-state index is 0.0299. The van der Waals surface area contributed by atoms with E-state index in [1.807, 2.05) is 37.4 Å². The van der Waals surface area contributed by atoms with Crippen molar-refractivity contribution in [2.45, 2.75) is 32.2 Å². The average molecular weight is 234 g/mol. The van der Waals surface area contributed by atoms with E-state index in [0.717, 1.165) is 24.9 Å². The lowest BCUT2D eigenvalue weighted by Crippen LogP contribution is -2.43. The zero-order valence-corrected chi connectivity index (χ0v) is 10.7. The Labute approximate surface area is 104 Å². The molecule has 1 rings (SSSR count). The van der Waals surface area contributed by atoms with Crippen molar-refractivity contribution < 1.29 is 4.79 Å². The molecule has 3 nitrogen and oxygen atoms in total. The molecule has 1 amide bonds. The standard InChI is InChI=1S/C14H22N2O/c1-3-4-10-16(2)14(17)13(15)11-12-8-6-5-7-9-12/h5-9,13H,3-4,10-11,15H2,1-2H3/t13-/m1/s1. The Bertz CT molecular complexity index is 337. The summed E-state index contributed by atoms with van der Waals surface area (Å²) in [4.78, 5) is 13.7. The fourth-order valence-electron chi connectivity index (χ4n) is 1.74. The van der Waals surface area contributed by atoms with Crippen LogP contribution >= 0.6 is 0 Å². The first-order valence-corrected chi connectivity index (χ1v) is 6.19. The predicted molar refractivity (Wildman–Crippen MR) is 70.7 cm³/mol. The molecule has 0 bridgehead atoms. The van der Waals surface area contributed by atoms with Crippen LogP contribution in [0.15, 0.2) is 30.3 Å². The highest BCUT2D eigenvalue weighted by molar-refractivity contribution is 5.81. The molecule has 0 saturated heterocycles. The van der Waals surface area contributed by atoms with Gasteiger partial charge in [-0.15, -0.1) is 0 Å². The average Bonchev–Trinajstić information content (AvgIpc) is 2.36. The lowest BCUT2D eigenvalue weighted by Gasteiger charge is -2.21. The fourth-order valence-corrected chi connectivity index (χ4v) is 1.74. The summed E-state index contributed by atoms with van der Waals surface area (Å²) in [5, 5.41) is 0. The summed E-state index contributed by atoms with van der Waals surface area (Å²) in [6.07, 6.45) is 2.72. The summed E-state index contributed by atoms with van der Waals surface area (Å²) < 4.78 is 0. The maximum absolute atomic E-state index is 12.0. The third-order valence-corrected chi connectivity index (χ3v) is 2.84. The van der Waals surface area contributed by atoms with Crippen LogP contribution in [0.2, 0.25) is 0 Å². The second-order valence-electron chi connectivity index (χ2n) is 4.41. The third-order valence-electron chi connectivity index (χ3n) is 2.84. The Balaban J connectivity index is 2.47. The van der Waals surface area contributed by atoms with E-state index in [1.165, 1.54) is 0 Å². The van der Waals surface area contributed by atoms with Gasteiger partial charge in [0.15, 0.2) is 0 Å². The highest BCUT2D eigenvalue weighted by atomic mass is 16.2. The van der Waals surface area contributed by atoms with E-state index in [2.05, 4.69) is 6.92 Å². The second-order valence-corrected chi connectivity index (χ2v) is 4.41. The molecule has 0 heterocycles. The summed E-state index contributed by atoms with van der Waals surface area (Å²) in [7, 11) is 1.82. The summed E-state index contributed by atoms with van der Waals surface area (Å²) in [6, 6.07) is 9.46. The van der Waals surface area contributed by atoms with Crippen LogP contribution in [0.4, 0.5) is 0 Å². The molecule has 0 aliphatic carbocycles. The van der Waals surface area contributed by atoms with Crippen LogP contribution in [-0.2, 0) is 11.2 Å². The number of rotatable bonds is 6. The van der Waals surface area contributed by atoms with Crippen LogP contribution in [0.5, 0.6) is 0 Å². The van der Waals surface area contributed by atoms with Crippen molar-refractivity contribution in [1.82, 2.24) is 4.90 Å². The number of unbranched alkanes of at least 4 members (excludes halogenated alkanes) is 1. The molecule has 0 aliphatic heterocycles. The zero-order valence-electron chi connectivity index (χ0n) is 10.7. The molecule has 94 valence electrons. The van der Waals surface area contributed by atoms with E-state index in [9.17, 15) is 4.79 Å². The second kappa shape index (κ2) is 7.07. The molecule has 17 heavy (non-hydrogen) atoms. The SMILES string of the molecule is CCCCN(C)C(=O)[C@H](N)Cc1ccccc1. The summed E-state index contributed by atoms with van der Waals surface area (Å²) in [5.74, 6) is 0.0299. The Morgan fingerprint density at radius 3 is 2.59 bits per heavy atom. The van der Waals surface area contributed by atoms with Gasteiger partial charge in [0.05, 0.1) is 6.04 Å². The number of nitrogens with two attached hydrogens (primary N) is 1. The van der Waals surface area contributed by atoms with E-state index in [1.54, 1.807) is 4.90 Å². The minimum Gasteiger partial charge on any atom is -0.344 e. The first-order valence-electron chi connectivity index (χ1n) is 6.19. The molecule has 0 radical (unpaired) electrons. The van der Waals surface area contributed by atoms with Crippen LogP contribution in [0.1, 0.15) is 25.3 Å². The maximum atomic E-state index is 12.0. The van der Waals surface area contributed by atoms with Gasteiger partial charge in [0.25, 0.3) is 0 Å². The lowest BCUT2D eigenvalue weighted by atomic mass is 10.1. The van der Waals surface area contributed by atoms with E-state index < -0.39 is 6.04 Å². The topological polar surface area (TPSA) is 46.3 Å². The number of likely N-dealkylation sites (N-methyl/N-ethyl adjacent to an activating group) is 1. The van der Waals surface area contributed by atoms with Gasteiger partial charge in [-0.05, 0) is 18.4 Å². The van der Waals surface area contributed by atoms with Gasteiger partial charge in [-0.1, -0.05) is 43.7 Å². The Kier molecular flexibility index (Phi) is 5.70. The Morgan fingerprint density at radius 2 is 2.00 bits per heavy atom. The van der Waals surface area contributed by atoms with E-state index >= 15 is 0 Å². The van der Waals surface area contributed by atoms with Gasteiger partial charge in [-0.3, -0.25) is 4.79 Å². The van der Waals surface area contributed by atoms with Crippen molar-refractivity contribution in [2.24, 2.45) is 5.73 Å². The largest absolute Gasteiger partial charge is 0.344 e. The molecule has 0 saturated carbocycles. The smallest absolute Gasteiger partial charge is 0.239 e. The molecule has 0 spiro atoms. The minimum atomic E-state index is -0.431. The maximum Gasteiger partial charge on any atom is 0.239 e. The van der Waals surface area contributed by atoms with Gasteiger partial charge in [0.1, 0.15) is 0 Å². The predicted octanol–water partition coefficient (Wildman–Crippen LogP) is 1.81. The van der Waals surface area contributed by atoms with Crippen molar-refractivity contribution in [3.8, 4) is 0 Å². The van der Waals surface area contributed by atoms with Crippen molar-refractivity contribution in [3.05, 3.63) is 35.9 Å². The van der Waals surface area contributed by atoms with Gasteiger partial charge in [-0.2, -0.15) is 0 Å². The third kappa shape index (κ3) is 4.57. The van der Waals surface area contributed by atoms with Gasteiger partial charge in [0.2, 0.25) is 5.91 Å². The van der Waals surface area contributed by atoms with Crippen LogP contribution in [0.25, 0.3) is 0 Å². The van der Waals surface area contributed by atoms with Crippen LogP contribution in [0, 0.1) is 0 Å². The van der Waals surface area contributed by atoms with Gasteiger partial charge in [-0.25, -0.2) is 0 Å². The summed E-state index contributed by atoms with van der Waals surface area (Å²) >= 11 is 0. The van der Waals surface area contributed by atoms with Gasteiger partial charge in [0, 0.05) is 13.6 Å². The zero-order chi connectivity index (χ0) is 12.7. The number of nitrogens with zero attached hydrogens (tertiary/aromatic N) is 1. The Hall–Kier alpha value is -1.35. The van der Waals surface area contributed by atoms with Crippen molar-refractivity contribution in [3.63, 3.8) is 0 Å². The number of amides is 1. The van der Waals surface area contributed by atoms with Gasteiger partial charge < -0.3 is 10.6 Å².